The molecule has 2 N–H and O–H groups in total. The molecule has 1 aliphatic heterocycles. The van der Waals surface area contributed by atoms with Crippen molar-refractivity contribution in [1.29, 1.82) is 0 Å². The van der Waals surface area contributed by atoms with Gasteiger partial charge in [-0.2, -0.15) is 0 Å². The molecule has 1 aliphatic rings. The van der Waals surface area contributed by atoms with Crippen LogP contribution in [0.4, 0.5) is 0 Å². The summed E-state index contributed by atoms with van der Waals surface area (Å²) >= 11 is 0. The first-order valence-electron chi connectivity index (χ1n) is 11.0. The summed E-state index contributed by atoms with van der Waals surface area (Å²) in [5, 5.41) is 14.9. The maximum Gasteiger partial charge on any atom is 0.251 e. The molecule has 1 atom stereocenters. The van der Waals surface area contributed by atoms with Gasteiger partial charge in [0.25, 0.3) is 5.91 Å². The Labute approximate surface area is 188 Å². The van der Waals surface area contributed by atoms with E-state index in [1.54, 1.807) is 13.3 Å². The van der Waals surface area contributed by atoms with Crippen molar-refractivity contribution in [3.63, 3.8) is 0 Å². The Morgan fingerprint density at radius 1 is 1.09 bits per heavy atom. The van der Waals surface area contributed by atoms with Gasteiger partial charge in [-0.1, -0.05) is 18.2 Å². The van der Waals surface area contributed by atoms with E-state index in [4.69, 9.17) is 4.74 Å². The molecule has 3 aromatic rings. The van der Waals surface area contributed by atoms with Gasteiger partial charge in [0.05, 0.1) is 18.7 Å². The lowest BCUT2D eigenvalue weighted by molar-refractivity contribution is 0.0725. The predicted octanol–water partition coefficient (Wildman–Crippen LogP) is 2.32. The van der Waals surface area contributed by atoms with Crippen molar-refractivity contribution in [2.24, 2.45) is 0 Å². The molecule has 2 heterocycles. The fourth-order valence-corrected chi connectivity index (χ4v) is 4.12. The summed E-state index contributed by atoms with van der Waals surface area (Å²) in [6, 6.07) is 16.9. The molecule has 0 spiro atoms. The first kappa shape index (κ1) is 22.2. The summed E-state index contributed by atoms with van der Waals surface area (Å²) in [4.78, 5) is 21.2. The smallest absolute Gasteiger partial charge is 0.251 e. The van der Waals surface area contributed by atoms with Crippen molar-refractivity contribution in [1.82, 2.24) is 20.1 Å². The molecule has 4 rings (SSSR count). The molecular formula is C25H30N4O3. The topological polar surface area (TPSA) is 77.9 Å². The number of nitrogens with one attached hydrogen (secondary N) is 1. The highest BCUT2D eigenvalue weighted by atomic mass is 16.5. The van der Waals surface area contributed by atoms with Gasteiger partial charge in [-0.25, -0.2) is 0 Å². The number of fused-ring (bicyclic) bond motifs is 1. The lowest BCUT2D eigenvalue weighted by atomic mass is 10.0. The third kappa shape index (κ3) is 5.43. The van der Waals surface area contributed by atoms with Gasteiger partial charge in [-0.05, 0) is 42.0 Å². The Morgan fingerprint density at radius 3 is 2.59 bits per heavy atom. The standard InChI is InChI=1S/C25H30N4O3/c1-32-20-7-8-23-22(17-20)21(9-10-26-23)24(30)18-29-15-13-28(14-16-29)12-11-27-25(31)19-5-3-2-4-6-19/h2-10,17,24,30H,11-16,18H2,1H3,(H,27,31). The molecule has 1 fully saturated rings. The Morgan fingerprint density at radius 2 is 1.84 bits per heavy atom. The largest absolute Gasteiger partial charge is 0.497 e. The van der Waals surface area contributed by atoms with Gasteiger partial charge < -0.3 is 15.2 Å². The molecule has 168 valence electrons. The fraction of sp³-hybridized carbons (Fsp3) is 0.360. The summed E-state index contributed by atoms with van der Waals surface area (Å²) in [5.41, 5.74) is 2.41. The molecule has 7 nitrogen and oxygen atoms in total. The second-order valence-corrected chi connectivity index (χ2v) is 8.06. The number of amides is 1. The lowest BCUT2D eigenvalue weighted by Crippen LogP contribution is -2.49. The molecule has 0 radical (unpaired) electrons. The van der Waals surface area contributed by atoms with Crippen LogP contribution in [-0.4, -0.2) is 78.7 Å². The Hall–Kier alpha value is -3.00. The molecule has 1 unspecified atom stereocenters. The first-order valence-corrected chi connectivity index (χ1v) is 11.0. The molecule has 0 saturated carbocycles. The van der Waals surface area contributed by atoms with E-state index in [0.717, 1.165) is 54.9 Å². The van der Waals surface area contributed by atoms with Gasteiger partial charge in [-0.15, -0.1) is 0 Å². The number of β-amino-alcohol motifs (C(OH)–C–C–N with tert-alkyl or cyclic N) is 1. The number of hydrogen-bond acceptors (Lipinski definition) is 6. The van der Waals surface area contributed by atoms with Crippen LogP contribution in [0.25, 0.3) is 10.9 Å². The monoisotopic (exact) mass is 434 g/mol. The van der Waals surface area contributed by atoms with Crippen molar-refractivity contribution in [2.75, 3.05) is 52.9 Å². The zero-order chi connectivity index (χ0) is 22.3. The van der Waals surface area contributed by atoms with Crippen LogP contribution in [-0.2, 0) is 0 Å². The van der Waals surface area contributed by atoms with Gasteiger partial charge in [0.2, 0.25) is 0 Å². The number of aliphatic hydroxyl groups is 1. The molecule has 1 saturated heterocycles. The number of aliphatic hydroxyl groups excluding tert-OH is 1. The molecule has 0 bridgehead atoms. The Bertz CT molecular complexity index is 1040. The molecule has 1 aromatic heterocycles. The summed E-state index contributed by atoms with van der Waals surface area (Å²) < 4.78 is 5.34. The number of benzene rings is 2. The van der Waals surface area contributed by atoms with E-state index < -0.39 is 6.10 Å². The van der Waals surface area contributed by atoms with E-state index in [9.17, 15) is 9.90 Å². The summed E-state index contributed by atoms with van der Waals surface area (Å²) in [6.07, 6.45) is 1.15. The van der Waals surface area contributed by atoms with Crippen LogP contribution in [0, 0.1) is 0 Å². The highest BCUT2D eigenvalue weighted by Gasteiger charge is 2.21. The minimum absolute atomic E-state index is 0.0337. The van der Waals surface area contributed by atoms with Crippen molar-refractivity contribution >= 4 is 16.8 Å². The maximum absolute atomic E-state index is 12.1. The number of pyridine rings is 1. The molecule has 32 heavy (non-hydrogen) atoms. The van der Waals surface area contributed by atoms with Crippen LogP contribution >= 0.6 is 0 Å². The molecule has 7 heteroatoms. The zero-order valence-electron chi connectivity index (χ0n) is 18.4. The van der Waals surface area contributed by atoms with E-state index in [1.807, 2.05) is 54.6 Å². The zero-order valence-corrected chi connectivity index (χ0v) is 18.4. The first-order chi connectivity index (χ1) is 15.6. The van der Waals surface area contributed by atoms with Crippen molar-refractivity contribution in [2.45, 2.75) is 6.10 Å². The highest BCUT2D eigenvalue weighted by molar-refractivity contribution is 5.94. The second kappa shape index (κ2) is 10.5. The van der Waals surface area contributed by atoms with Gasteiger partial charge in [0, 0.05) is 63.0 Å². The van der Waals surface area contributed by atoms with Crippen molar-refractivity contribution in [3.05, 3.63) is 71.9 Å². The SMILES string of the molecule is COc1ccc2nccc(C(O)CN3CCN(CCNC(=O)c4ccccc4)CC3)c2c1. The van der Waals surface area contributed by atoms with E-state index in [-0.39, 0.29) is 5.91 Å². The molecule has 2 aromatic carbocycles. The molecular weight excluding hydrogens is 404 g/mol. The predicted molar refractivity (Wildman–Crippen MR) is 125 cm³/mol. The lowest BCUT2D eigenvalue weighted by Gasteiger charge is -2.35. The number of aromatic nitrogens is 1. The average molecular weight is 435 g/mol. The number of nitrogens with zero attached hydrogens (tertiary/aromatic N) is 3. The minimum atomic E-state index is -0.593. The second-order valence-electron chi connectivity index (χ2n) is 8.06. The van der Waals surface area contributed by atoms with Crippen LogP contribution in [0.2, 0.25) is 0 Å². The molecule has 1 amide bonds. The summed E-state index contributed by atoms with van der Waals surface area (Å²) in [7, 11) is 1.64. The van der Waals surface area contributed by atoms with Gasteiger partial charge >= 0.3 is 0 Å². The third-order valence-corrected chi connectivity index (χ3v) is 5.99. The van der Waals surface area contributed by atoms with E-state index >= 15 is 0 Å². The molecule has 0 aliphatic carbocycles. The van der Waals surface area contributed by atoms with Gasteiger partial charge in [0.15, 0.2) is 0 Å². The summed E-state index contributed by atoms with van der Waals surface area (Å²) in [6.45, 7) is 5.63. The van der Waals surface area contributed by atoms with E-state index in [0.29, 0.717) is 18.7 Å². The number of piperazine rings is 1. The maximum atomic E-state index is 12.1. The number of carbonyl (C=O) groups is 1. The highest BCUT2D eigenvalue weighted by Crippen LogP contribution is 2.27. The van der Waals surface area contributed by atoms with Crippen LogP contribution in [0.1, 0.15) is 22.0 Å². The number of rotatable bonds is 8. The normalized spacial score (nSPS) is 16.1. The van der Waals surface area contributed by atoms with E-state index in [2.05, 4.69) is 20.1 Å². The fourth-order valence-electron chi connectivity index (χ4n) is 4.12. The van der Waals surface area contributed by atoms with Crippen molar-refractivity contribution in [3.8, 4) is 5.75 Å². The average Bonchev–Trinajstić information content (AvgIpc) is 2.84. The number of ether oxygens (including phenoxy) is 1. The van der Waals surface area contributed by atoms with Crippen molar-refractivity contribution < 1.29 is 14.6 Å². The van der Waals surface area contributed by atoms with Crippen LogP contribution in [0.5, 0.6) is 5.75 Å². The minimum Gasteiger partial charge on any atom is -0.497 e. The van der Waals surface area contributed by atoms with Crippen LogP contribution in [0.3, 0.4) is 0 Å². The number of hydrogen-bond donors (Lipinski definition) is 2. The van der Waals surface area contributed by atoms with E-state index in [1.165, 1.54) is 0 Å². The Balaban J connectivity index is 1.25. The van der Waals surface area contributed by atoms with Gasteiger partial charge in [0.1, 0.15) is 5.75 Å². The Kier molecular flexibility index (Phi) is 7.32. The number of methoxy groups -OCH3 is 1. The van der Waals surface area contributed by atoms with Gasteiger partial charge in [-0.3, -0.25) is 19.6 Å². The van der Waals surface area contributed by atoms with Crippen LogP contribution in [0.15, 0.2) is 60.8 Å². The van der Waals surface area contributed by atoms with Crippen LogP contribution < -0.4 is 10.1 Å². The third-order valence-electron chi connectivity index (χ3n) is 5.99. The quantitative estimate of drug-likeness (QED) is 0.567. The summed E-state index contributed by atoms with van der Waals surface area (Å²) in [5.74, 6) is 0.723. The number of carbonyl (C=O) groups excluding carboxylic acids is 1.